The summed E-state index contributed by atoms with van der Waals surface area (Å²) in [5, 5.41) is 7.91. The second-order valence-corrected chi connectivity index (χ2v) is 8.17. The molecule has 0 unspecified atom stereocenters. The molecule has 0 bridgehead atoms. The van der Waals surface area contributed by atoms with Crippen LogP contribution >= 0.6 is 11.3 Å². The first kappa shape index (κ1) is 20.6. The summed E-state index contributed by atoms with van der Waals surface area (Å²) in [4.78, 5) is 13.0. The minimum atomic E-state index is 0.661. The minimum Gasteiger partial charge on any atom is -0.378 e. The van der Waals surface area contributed by atoms with E-state index in [4.69, 9.17) is 9.73 Å². The maximum atomic E-state index is 5.42. The van der Waals surface area contributed by atoms with Gasteiger partial charge in [-0.25, -0.2) is 9.98 Å². The maximum Gasteiger partial charge on any atom is 0.191 e. The Bertz CT molecular complexity index is 746. The number of morpholine rings is 1. The highest BCUT2D eigenvalue weighted by molar-refractivity contribution is 7.11. The standard InChI is InChI=1S/C21H31N5OS/c1-4-22-21(23-10-9-20-25-16(2)17(3)28-20)24-15-18-5-7-19(8-6-18)26-11-13-27-14-12-26/h5-8H,4,9-15H2,1-3H3,(H2,22,23,24). The molecular weight excluding hydrogens is 370 g/mol. The summed E-state index contributed by atoms with van der Waals surface area (Å²) in [6, 6.07) is 8.70. The molecule has 0 saturated carbocycles. The fourth-order valence-corrected chi connectivity index (χ4v) is 4.01. The van der Waals surface area contributed by atoms with Gasteiger partial charge in [0.05, 0.1) is 30.5 Å². The Morgan fingerprint density at radius 3 is 2.57 bits per heavy atom. The zero-order valence-corrected chi connectivity index (χ0v) is 17.9. The average Bonchev–Trinajstić information content (AvgIpc) is 3.04. The Labute approximate surface area is 172 Å². The number of hydrogen-bond donors (Lipinski definition) is 2. The van der Waals surface area contributed by atoms with Crippen molar-refractivity contribution in [3.63, 3.8) is 0 Å². The van der Waals surface area contributed by atoms with Crippen LogP contribution < -0.4 is 15.5 Å². The molecule has 152 valence electrons. The number of anilines is 1. The predicted octanol–water partition coefficient (Wildman–Crippen LogP) is 2.89. The SMILES string of the molecule is CCNC(=NCc1ccc(N2CCOCC2)cc1)NCCc1nc(C)c(C)s1. The number of hydrogen-bond acceptors (Lipinski definition) is 5. The van der Waals surface area contributed by atoms with Gasteiger partial charge in [-0.1, -0.05) is 12.1 Å². The van der Waals surface area contributed by atoms with Crippen LogP contribution in [0, 0.1) is 13.8 Å². The Balaban J connectivity index is 1.51. The van der Waals surface area contributed by atoms with E-state index in [2.05, 4.69) is 65.6 Å². The lowest BCUT2D eigenvalue weighted by Gasteiger charge is -2.28. The number of aromatic nitrogens is 1. The second-order valence-electron chi connectivity index (χ2n) is 6.89. The van der Waals surface area contributed by atoms with Crippen molar-refractivity contribution in [2.24, 2.45) is 4.99 Å². The summed E-state index contributed by atoms with van der Waals surface area (Å²) in [6.07, 6.45) is 0.915. The molecule has 0 atom stereocenters. The largest absolute Gasteiger partial charge is 0.378 e. The smallest absolute Gasteiger partial charge is 0.191 e. The van der Waals surface area contributed by atoms with Gasteiger partial charge in [-0.2, -0.15) is 0 Å². The van der Waals surface area contributed by atoms with Gasteiger partial charge >= 0.3 is 0 Å². The van der Waals surface area contributed by atoms with Crippen molar-refractivity contribution in [2.45, 2.75) is 33.7 Å². The van der Waals surface area contributed by atoms with Gasteiger partial charge in [-0.05, 0) is 38.5 Å². The van der Waals surface area contributed by atoms with Gasteiger partial charge < -0.3 is 20.3 Å². The molecule has 7 heteroatoms. The Hall–Kier alpha value is -2.12. The van der Waals surface area contributed by atoms with E-state index in [0.717, 1.165) is 57.5 Å². The van der Waals surface area contributed by atoms with Gasteiger partial charge in [-0.15, -0.1) is 11.3 Å². The maximum absolute atomic E-state index is 5.42. The lowest BCUT2D eigenvalue weighted by Crippen LogP contribution is -2.38. The molecule has 2 aromatic rings. The van der Waals surface area contributed by atoms with Gasteiger partial charge in [-0.3, -0.25) is 0 Å². The number of ether oxygens (including phenoxy) is 1. The molecule has 3 rings (SSSR count). The summed E-state index contributed by atoms with van der Waals surface area (Å²) in [5.74, 6) is 0.852. The fourth-order valence-electron chi connectivity index (χ4n) is 3.08. The molecule has 6 nitrogen and oxygen atoms in total. The second kappa shape index (κ2) is 10.4. The van der Waals surface area contributed by atoms with Crippen LogP contribution in [0.1, 0.15) is 28.1 Å². The first-order valence-electron chi connectivity index (χ1n) is 10.0. The molecular formula is C21H31N5OS. The molecule has 28 heavy (non-hydrogen) atoms. The summed E-state index contributed by atoms with van der Waals surface area (Å²) >= 11 is 1.78. The van der Waals surface area contributed by atoms with E-state index in [1.54, 1.807) is 11.3 Å². The fraction of sp³-hybridized carbons (Fsp3) is 0.524. The number of thiazole rings is 1. The molecule has 1 saturated heterocycles. The van der Waals surface area contributed by atoms with Crippen molar-refractivity contribution < 1.29 is 4.74 Å². The zero-order valence-electron chi connectivity index (χ0n) is 17.1. The molecule has 0 radical (unpaired) electrons. The number of aryl methyl sites for hydroxylation is 2. The first-order valence-corrected chi connectivity index (χ1v) is 10.8. The van der Waals surface area contributed by atoms with Gasteiger partial charge in [0, 0.05) is 43.2 Å². The van der Waals surface area contributed by atoms with Gasteiger partial charge in [0.15, 0.2) is 5.96 Å². The van der Waals surface area contributed by atoms with Crippen LogP contribution in [0.5, 0.6) is 0 Å². The monoisotopic (exact) mass is 401 g/mol. The van der Waals surface area contributed by atoms with Crippen LogP contribution in [0.15, 0.2) is 29.3 Å². The number of guanidine groups is 1. The highest BCUT2D eigenvalue weighted by atomic mass is 32.1. The van der Waals surface area contributed by atoms with E-state index in [1.165, 1.54) is 21.1 Å². The van der Waals surface area contributed by atoms with E-state index < -0.39 is 0 Å². The molecule has 1 aliphatic heterocycles. The lowest BCUT2D eigenvalue weighted by atomic mass is 10.2. The van der Waals surface area contributed by atoms with Crippen molar-refractivity contribution in [1.29, 1.82) is 0 Å². The molecule has 2 N–H and O–H groups in total. The highest BCUT2D eigenvalue weighted by Crippen LogP contribution is 2.17. The summed E-state index contributed by atoms with van der Waals surface area (Å²) in [5.41, 5.74) is 3.61. The van der Waals surface area contributed by atoms with Crippen LogP contribution in [-0.4, -0.2) is 50.3 Å². The van der Waals surface area contributed by atoms with Gasteiger partial charge in [0.2, 0.25) is 0 Å². The van der Waals surface area contributed by atoms with E-state index in [-0.39, 0.29) is 0 Å². The zero-order chi connectivity index (χ0) is 19.8. The first-order chi connectivity index (χ1) is 13.7. The lowest BCUT2D eigenvalue weighted by molar-refractivity contribution is 0.122. The van der Waals surface area contributed by atoms with E-state index >= 15 is 0 Å². The van der Waals surface area contributed by atoms with Crippen molar-refractivity contribution in [2.75, 3.05) is 44.3 Å². The molecule has 0 spiro atoms. The Morgan fingerprint density at radius 1 is 1.18 bits per heavy atom. The van der Waals surface area contributed by atoms with Gasteiger partial charge in [0.25, 0.3) is 0 Å². The number of aliphatic imine (C=N–C) groups is 1. The van der Waals surface area contributed by atoms with Crippen LogP contribution in [0.3, 0.4) is 0 Å². The van der Waals surface area contributed by atoms with Crippen LogP contribution in [0.25, 0.3) is 0 Å². The molecule has 1 aromatic heterocycles. The van der Waals surface area contributed by atoms with Gasteiger partial charge in [0.1, 0.15) is 0 Å². The normalized spacial score (nSPS) is 15.0. The minimum absolute atomic E-state index is 0.661. The van der Waals surface area contributed by atoms with E-state index in [1.807, 2.05) is 0 Å². The number of nitrogens with zero attached hydrogens (tertiary/aromatic N) is 3. The summed E-state index contributed by atoms with van der Waals surface area (Å²) in [7, 11) is 0. The Kier molecular flexibility index (Phi) is 7.68. The van der Waals surface area contributed by atoms with Crippen LogP contribution in [-0.2, 0) is 17.7 Å². The quantitative estimate of drug-likeness (QED) is 0.552. The number of nitrogens with one attached hydrogen (secondary N) is 2. The highest BCUT2D eigenvalue weighted by Gasteiger charge is 2.10. The van der Waals surface area contributed by atoms with Crippen molar-refractivity contribution >= 4 is 23.0 Å². The molecule has 1 aromatic carbocycles. The van der Waals surface area contributed by atoms with E-state index in [9.17, 15) is 0 Å². The molecule has 0 aliphatic carbocycles. The van der Waals surface area contributed by atoms with Crippen molar-refractivity contribution in [1.82, 2.24) is 15.6 Å². The third-order valence-corrected chi connectivity index (χ3v) is 5.91. The van der Waals surface area contributed by atoms with Crippen LogP contribution in [0.4, 0.5) is 5.69 Å². The summed E-state index contributed by atoms with van der Waals surface area (Å²) < 4.78 is 5.42. The van der Waals surface area contributed by atoms with E-state index in [0.29, 0.717) is 6.54 Å². The average molecular weight is 402 g/mol. The molecule has 0 amide bonds. The number of rotatable bonds is 7. The third-order valence-electron chi connectivity index (χ3n) is 4.78. The predicted molar refractivity (Wildman–Crippen MR) is 118 cm³/mol. The third kappa shape index (κ3) is 5.94. The molecule has 2 heterocycles. The number of benzene rings is 1. The van der Waals surface area contributed by atoms with Crippen molar-refractivity contribution in [3.05, 3.63) is 45.4 Å². The van der Waals surface area contributed by atoms with Crippen molar-refractivity contribution in [3.8, 4) is 0 Å². The molecule has 1 fully saturated rings. The molecule has 1 aliphatic rings. The van der Waals surface area contributed by atoms with Crippen LogP contribution in [0.2, 0.25) is 0 Å². The Morgan fingerprint density at radius 2 is 1.93 bits per heavy atom. The summed E-state index contributed by atoms with van der Waals surface area (Å²) in [6.45, 7) is 12.2. The topological polar surface area (TPSA) is 61.8 Å².